The molecule has 0 spiro atoms. The fourth-order valence-corrected chi connectivity index (χ4v) is 2.29. The van der Waals surface area contributed by atoms with Crippen LogP contribution in [0.4, 0.5) is 5.69 Å². The van der Waals surface area contributed by atoms with Gasteiger partial charge in [0, 0.05) is 23.4 Å². The van der Waals surface area contributed by atoms with Crippen molar-refractivity contribution < 1.29 is 14.3 Å². The molecule has 20 heavy (non-hydrogen) atoms. The first-order chi connectivity index (χ1) is 9.65. The van der Waals surface area contributed by atoms with Crippen LogP contribution in [0.5, 0.6) is 11.5 Å². The summed E-state index contributed by atoms with van der Waals surface area (Å²) >= 11 is 3.38. The molecule has 2 rings (SSSR count). The van der Waals surface area contributed by atoms with Gasteiger partial charge in [-0.3, -0.25) is 4.79 Å². The van der Waals surface area contributed by atoms with E-state index >= 15 is 0 Å². The molecule has 0 aliphatic rings. The highest BCUT2D eigenvalue weighted by molar-refractivity contribution is 9.10. The third kappa shape index (κ3) is 3.11. The molecular formula is C15H14BrNO3. The Hall–Kier alpha value is -2.01. The minimum atomic E-state index is -0.183. The molecule has 0 bridgehead atoms. The zero-order valence-electron chi connectivity index (χ0n) is 11.1. The van der Waals surface area contributed by atoms with Gasteiger partial charge in [-0.1, -0.05) is 18.2 Å². The standard InChI is InChI=1S/C15H14BrNO3/c1-19-12-8-11(9-13(20-2)14(12)16)17-15(18)10-6-4-3-5-7-10/h3-9H,1-2H3,(H,17,18). The molecule has 4 nitrogen and oxygen atoms in total. The molecule has 0 aliphatic heterocycles. The second-order valence-electron chi connectivity index (χ2n) is 4.01. The monoisotopic (exact) mass is 335 g/mol. The van der Waals surface area contributed by atoms with Crippen molar-refractivity contribution in [2.45, 2.75) is 0 Å². The Balaban J connectivity index is 2.28. The lowest BCUT2D eigenvalue weighted by Gasteiger charge is -2.12. The molecule has 0 heterocycles. The Labute approximate surface area is 125 Å². The number of carbonyl (C=O) groups is 1. The highest BCUT2D eigenvalue weighted by atomic mass is 79.9. The van der Waals surface area contributed by atoms with Crippen molar-refractivity contribution in [3.63, 3.8) is 0 Å². The number of amides is 1. The molecule has 2 aromatic rings. The number of hydrogen-bond acceptors (Lipinski definition) is 3. The van der Waals surface area contributed by atoms with E-state index in [1.54, 1.807) is 38.5 Å². The van der Waals surface area contributed by atoms with Crippen LogP contribution in [0.3, 0.4) is 0 Å². The van der Waals surface area contributed by atoms with Crippen LogP contribution >= 0.6 is 15.9 Å². The van der Waals surface area contributed by atoms with Crippen LogP contribution in [0.2, 0.25) is 0 Å². The number of anilines is 1. The molecule has 0 saturated carbocycles. The SMILES string of the molecule is COc1cc(NC(=O)c2ccccc2)cc(OC)c1Br. The second-order valence-corrected chi connectivity index (χ2v) is 4.81. The maximum atomic E-state index is 12.1. The Bertz CT molecular complexity index is 589. The van der Waals surface area contributed by atoms with Crippen LogP contribution in [-0.4, -0.2) is 20.1 Å². The van der Waals surface area contributed by atoms with Gasteiger partial charge in [-0.25, -0.2) is 0 Å². The predicted octanol–water partition coefficient (Wildman–Crippen LogP) is 3.72. The average Bonchev–Trinajstić information content (AvgIpc) is 2.49. The molecule has 0 radical (unpaired) electrons. The summed E-state index contributed by atoms with van der Waals surface area (Å²) in [6.07, 6.45) is 0. The first-order valence-corrected chi connectivity index (χ1v) is 6.73. The van der Waals surface area contributed by atoms with E-state index in [4.69, 9.17) is 9.47 Å². The van der Waals surface area contributed by atoms with Gasteiger partial charge in [0.05, 0.1) is 14.2 Å². The lowest BCUT2D eigenvalue weighted by Crippen LogP contribution is -2.11. The molecule has 0 aliphatic carbocycles. The van der Waals surface area contributed by atoms with Crippen molar-refractivity contribution in [1.82, 2.24) is 0 Å². The maximum absolute atomic E-state index is 12.1. The summed E-state index contributed by atoms with van der Waals surface area (Å²) in [5.41, 5.74) is 1.20. The maximum Gasteiger partial charge on any atom is 0.255 e. The molecule has 0 atom stereocenters. The van der Waals surface area contributed by atoms with Crippen LogP contribution in [0, 0.1) is 0 Å². The third-order valence-electron chi connectivity index (χ3n) is 2.74. The number of nitrogens with one attached hydrogen (secondary N) is 1. The van der Waals surface area contributed by atoms with E-state index in [9.17, 15) is 4.79 Å². The summed E-state index contributed by atoms with van der Waals surface area (Å²) in [5.74, 6) is 0.998. The van der Waals surface area contributed by atoms with Crippen LogP contribution < -0.4 is 14.8 Å². The van der Waals surface area contributed by atoms with E-state index in [0.717, 1.165) is 0 Å². The van der Waals surface area contributed by atoms with E-state index in [0.29, 0.717) is 27.2 Å². The lowest BCUT2D eigenvalue weighted by molar-refractivity contribution is 0.102. The molecule has 2 aromatic carbocycles. The van der Waals surface area contributed by atoms with Crippen molar-refractivity contribution in [3.05, 3.63) is 52.5 Å². The highest BCUT2D eigenvalue weighted by Crippen LogP contribution is 2.37. The zero-order chi connectivity index (χ0) is 14.5. The molecule has 5 heteroatoms. The molecule has 0 fully saturated rings. The quantitative estimate of drug-likeness (QED) is 0.926. The summed E-state index contributed by atoms with van der Waals surface area (Å²) in [7, 11) is 3.12. The van der Waals surface area contributed by atoms with Crippen molar-refractivity contribution >= 4 is 27.5 Å². The van der Waals surface area contributed by atoms with E-state index in [1.165, 1.54) is 0 Å². The number of carbonyl (C=O) groups excluding carboxylic acids is 1. The summed E-state index contributed by atoms with van der Waals surface area (Å²) in [5, 5.41) is 2.82. The number of halogens is 1. The van der Waals surface area contributed by atoms with Crippen molar-refractivity contribution in [1.29, 1.82) is 0 Å². The zero-order valence-corrected chi connectivity index (χ0v) is 12.7. The topological polar surface area (TPSA) is 47.6 Å². The first kappa shape index (κ1) is 14.4. The van der Waals surface area contributed by atoms with Crippen LogP contribution in [0.1, 0.15) is 10.4 Å². The van der Waals surface area contributed by atoms with E-state index in [1.807, 2.05) is 18.2 Å². The Morgan fingerprint density at radius 3 is 2.10 bits per heavy atom. The minimum Gasteiger partial charge on any atom is -0.495 e. The molecule has 1 N–H and O–H groups in total. The Morgan fingerprint density at radius 2 is 1.60 bits per heavy atom. The molecule has 104 valence electrons. The van der Waals surface area contributed by atoms with Crippen LogP contribution in [0.15, 0.2) is 46.9 Å². The fraction of sp³-hybridized carbons (Fsp3) is 0.133. The van der Waals surface area contributed by atoms with Crippen molar-refractivity contribution in [3.8, 4) is 11.5 Å². The van der Waals surface area contributed by atoms with Gasteiger partial charge in [-0.05, 0) is 28.1 Å². The van der Waals surface area contributed by atoms with Crippen LogP contribution in [0.25, 0.3) is 0 Å². The van der Waals surface area contributed by atoms with E-state index in [-0.39, 0.29) is 5.91 Å². The van der Waals surface area contributed by atoms with Gasteiger partial charge in [0.2, 0.25) is 0 Å². The van der Waals surface area contributed by atoms with Crippen molar-refractivity contribution in [2.75, 3.05) is 19.5 Å². The summed E-state index contributed by atoms with van der Waals surface area (Å²) in [4.78, 5) is 12.1. The van der Waals surface area contributed by atoms with Gasteiger partial charge in [0.15, 0.2) is 0 Å². The highest BCUT2D eigenvalue weighted by Gasteiger charge is 2.12. The number of methoxy groups -OCH3 is 2. The molecule has 1 amide bonds. The fourth-order valence-electron chi connectivity index (χ4n) is 1.73. The minimum absolute atomic E-state index is 0.183. The summed E-state index contributed by atoms with van der Waals surface area (Å²) < 4.78 is 11.2. The molecule has 0 unspecified atom stereocenters. The predicted molar refractivity (Wildman–Crippen MR) is 81.6 cm³/mol. The summed E-state index contributed by atoms with van der Waals surface area (Å²) in [6.45, 7) is 0. The van der Waals surface area contributed by atoms with Gasteiger partial charge >= 0.3 is 0 Å². The van der Waals surface area contributed by atoms with Gasteiger partial charge in [0.1, 0.15) is 16.0 Å². The van der Waals surface area contributed by atoms with Gasteiger partial charge < -0.3 is 14.8 Å². The lowest BCUT2D eigenvalue weighted by atomic mass is 10.2. The van der Waals surface area contributed by atoms with Crippen LogP contribution in [-0.2, 0) is 0 Å². The normalized spacial score (nSPS) is 9.95. The average molecular weight is 336 g/mol. The second kappa shape index (κ2) is 6.43. The van der Waals surface area contributed by atoms with Gasteiger partial charge in [0.25, 0.3) is 5.91 Å². The first-order valence-electron chi connectivity index (χ1n) is 5.93. The number of benzene rings is 2. The number of ether oxygens (including phenoxy) is 2. The largest absolute Gasteiger partial charge is 0.495 e. The van der Waals surface area contributed by atoms with Gasteiger partial charge in [-0.15, -0.1) is 0 Å². The Morgan fingerprint density at radius 1 is 1.05 bits per heavy atom. The molecule has 0 saturated heterocycles. The summed E-state index contributed by atoms with van der Waals surface area (Å²) in [6, 6.07) is 12.5. The Kier molecular flexibility index (Phi) is 4.63. The van der Waals surface area contributed by atoms with Crippen molar-refractivity contribution in [2.24, 2.45) is 0 Å². The van der Waals surface area contributed by atoms with E-state index in [2.05, 4.69) is 21.2 Å². The number of hydrogen-bond donors (Lipinski definition) is 1. The third-order valence-corrected chi connectivity index (χ3v) is 3.52. The van der Waals surface area contributed by atoms with E-state index < -0.39 is 0 Å². The molecular weight excluding hydrogens is 322 g/mol. The smallest absolute Gasteiger partial charge is 0.255 e. The number of rotatable bonds is 4. The van der Waals surface area contributed by atoms with Gasteiger partial charge in [-0.2, -0.15) is 0 Å². The molecule has 0 aromatic heterocycles.